The fraction of sp³-hybridized carbons (Fsp3) is 0.312. The molecular weight excluding hydrogens is 294 g/mol. The van der Waals surface area contributed by atoms with Crippen LogP contribution in [0.1, 0.15) is 34.2 Å². The molecule has 0 radical (unpaired) electrons. The van der Waals surface area contributed by atoms with Crippen LogP contribution in [0.4, 0.5) is 5.69 Å². The Hall–Kier alpha value is -2.83. The molecule has 118 valence electrons. The second-order valence-corrected chi connectivity index (χ2v) is 5.49. The zero-order valence-electron chi connectivity index (χ0n) is 13.0. The Morgan fingerprint density at radius 1 is 1.17 bits per heavy atom. The van der Waals surface area contributed by atoms with Gasteiger partial charge in [-0.1, -0.05) is 0 Å². The zero-order valence-corrected chi connectivity index (χ0v) is 13.0. The third-order valence-electron chi connectivity index (χ3n) is 3.87. The molecular formula is C16H17N5O2. The number of fused-ring (bicyclic) bond motifs is 1. The maximum atomic E-state index is 12.5. The van der Waals surface area contributed by atoms with E-state index in [0.29, 0.717) is 36.6 Å². The summed E-state index contributed by atoms with van der Waals surface area (Å²) in [5, 5.41) is 2.79. The lowest BCUT2D eigenvalue weighted by atomic mass is 9.96. The van der Waals surface area contributed by atoms with Crippen molar-refractivity contribution >= 4 is 17.5 Å². The van der Waals surface area contributed by atoms with E-state index < -0.39 is 0 Å². The summed E-state index contributed by atoms with van der Waals surface area (Å²) in [6.45, 7) is 4.43. The van der Waals surface area contributed by atoms with E-state index in [-0.39, 0.29) is 11.8 Å². The van der Waals surface area contributed by atoms with E-state index in [1.807, 2.05) is 0 Å². The van der Waals surface area contributed by atoms with Crippen molar-refractivity contribution in [1.82, 2.24) is 19.9 Å². The largest absolute Gasteiger partial charge is 0.338 e. The van der Waals surface area contributed by atoms with Gasteiger partial charge in [-0.25, -0.2) is 9.97 Å². The Morgan fingerprint density at radius 2 is 1.91 bits per heavy atom. The van der Waals surface area contributed by atoms with Crippen LogP contribution in [0.5, 0.6) is 0 Å². The second-order valence-electron chi connectivity index (χ2n) is 5.49. The molecule has 0 fully saturated rings. The molecule has 7 nitrogen and oxygen atoms in total. The molecule has 2 aromatic heterocycles. The lowest BCUT2D eigenvalue weighted by molar-refractivity contribution is -0.129. The maximum absolute atomic E-state index is 12.5. The van der Waals surface area contributed by atoms with Gasteiger partial charge in [0.1, 0.15) is 5.82 Å². The van der Waals surface area contributed by atoms with Gasteiger partial charge in [-0.15, -0.1) is 0 Å². The highest BCUT2D eigenvalue weighted by Gasteiger charge is 2.23. The Labute approximate surface area is 133 Å². The summed E-state index contributed by atoms with van der Waals surface area (Å²) in [5.74, 6) is 0.437. The van der Waals surface area contributed by atoms with Gasteiger partial charge in [-0.3, -0.25) is 14.6 Å². The summed E-state index contributed by atoms with van der Waals surface area (Å²) in [5.41, 5.74) is 2.94. The first-order chi connectivity index (χ1) is 11.0. The van der Waals surface area contributed by atoms with E-state index in [9.17, 15) is 9.59 Å². The van der Waals surface area contributed by atoms with Gasteiger partial charge in [0.2, 0.25) is 5.91 Å². The number of hydrogen-bond acceptors (Lipinski definition) is 5. The van der Waals surface area contributed by atoms with Crippen LogP contribution in [-0.4, -0.2) is 38.2 Å². The van der Waals surface area contributed by atoms with Crippen LogP contribution < -0.4 is 5.32 Å². The van der Waals surface area contributed by atoms with Gasteiger partial charge in [-0.05, 0) is 24.5 Å². The van der Waals surface area contributed by atoms with E-state index in [1.54, 1.807) is 43.5 Å². The molecule has 0 bridgehead atoms. The Kier molecular flexibility index (Phi) is 4.01. The highest BCUT2D eigenvalue weighted by atomic mass is 16.2. The van der Waals surface area contributed by atoms with Crippen molar-refractivity contribution in [2.75, 3.05) is 11.9 Å². The van der Waals surface area contributed by atoms with Crippen LogP contribution >= 0.6 is 0 Å². The molecule has 1 aliphatic heterocycles. The minimum atomic E-state index is -0.238. The number of nitrogens with zero attached hydrogens (tertiary/aromatic N) is 4. The molecule has 0 spiro atoms. The Balaban J connectivity index is 1.83. The minimum absolute atomic E-state index is 0.0299. The van der Waals surface area contributed by atoms with E-state index in [4.69, 9.17) is 0 Å². The van der Waals surface area contributed by atoms with Crippen molar-refractivity contribution in [2.24, 2.45) is 0 Å². The number of anilines is 1. The summed E-state index contributed by atoms with van der Waals surface area (Å²) >= 11 is 0. The number of carbonyl (C=O) groups excluding carboxylic acids is 2. The molecule has 2 aromatic rings. The number of aromatic nitrogens is 3. The summed E-state index contributed by atoms with van der Waals surface area (Å²) in [7, 11) is 0. The lowest BCUT2D eigenvalue weighted by Gasteiger charge is -2.28. The number of amides is 2. The van der Waals surface area contributed by atoms with Crippen molar-refractivity contribution < 1.29 is 9.59 Å². The Bertz CT molecular complexity index is 758. The normalized spacial score (nSPS) is 13.4. The highest BCUT2D eigenvalue weighted by Crippen LogP contribution is 2.22. The molecule has 2 amide bonds. The highest BCUT2D eigenvalue weighted by molar-refractivity contribution is 6.05. The molecule has 3 heterocycles. The monoisotopic (exact) mass is 311 g/mol. The van der Waals surface area contributed by atoms with Crippen LogP contribution in [0.15, 0.2) is 24.8 Å². The minimum Gasteiger partial charge on any atom is -0.338 e. The molecule has 0 saturated carbocycles. The quantitative estimate of drug-likeness (QED) is 0.904. The number of pyridine rings is 1. The van der Waals surface area contributed by atoms with Crippen LogP contribution in [0, 0.1) is 6.92 Å². The van der Waals surface area contributed by atoms with Crippen molar-refractivity contribution in [3.63, 3.8) is 0 Å². The molecule has 0 atom stereocenters. The standard InChI is InChI=1S/C16H17N5O2/c1-10-18-6-13(7-19-10)20-16(23)15-8-17-5-12-9-21(11(2)22)4-3-14(12)15/h5-8H,3-4,9H2,1-2H3,(H,20,23). The Morgan fingerprint density at radius 3 is 2.61 bits per heavy atom. The number of aryl methyl sites for hydroxylation is 1. The first-order valence-electron chi connectivity index (χ1n) is 7.36. The second kappa shape index (κ2) is 6.12. The topological polar surface area (TPSA) is 88.1 Å². The number of nitrogens with one attached hydrogen (secondary N) is 1. The van der Waals surface area contributed by atoms with Crippen LogP contribution in [0.25, 0.3) is 0 Å². The summed E-state index contributed by atoms with van der Waals surface area (Å²) in [4.78, 5) is 38.0. The van der Waals surface area contributed by atoms with E-state index in [2.05, 4.69) is 20.3 Å². The fourth-order valence-electron chi connectivity index (χ4n) is 2.61. The van der Waals surface area contributed by atoms with E-state index in [1.165, 1.54) is 0 Å². The predicted octanol–water partition coefficient (Wildman–Crippen LogP) is 1.34. The van der Waals surface area contributed by atoms with Gasteiger partial charge in [-0.2, -0.15) is 0 Å². The van der Waals surface area contributed by atoms with Crippen molar-refractivity contribution in [2.45, 2.75) is 26.8 Å². The van der Waals surface area contributed by atoms with Gasteiger partial charge < -0.3 is 10.2 Å². The van der Waals surface area contributed by atoms with Gasteiger partial charge in [0.15, 0.2) is 0 Å². The summed E-state index contributed by atoms with van der Waals surface area (Å²) in [6.07, 6.45) is 7.06. The van der Waals surface area contributed by atoms with E-state index in [0.717, 1.165) is 11.1 Å². The number of rotatable bonds is 2. The SMILES string of the molecule is CC(=O)N1CCc2c(cncc2C(=O)Nc2cnc(C)nc2)C1. The predicted molar refractivity (Wildman–Crippen MR) is 83.8 cm³/mol. The van der Waals surface area contributed by atoms with Gasteiger partial charge in [0.05, 0.1) is 23.6 Å². The van der Waals surface area contributed by atoms with Gasteiger partial charge >= 0.3 is 0 Å². The smallest absolute Gasteiger partial charge is 0.257 e. The number of carbonyl (C=O) groups is 2. The average molecular weight is 311 g/mol. The molecule has 3 rings (SSSR count). The van der Waals surface area contributed by atoms with Crippen LogP contribution in [0.2, 0.25) is 0 Å². The van der Waals surface area contributed by atoms with Crippen molar-refractivity contribution in [1.29, 1.82) is 0 Å². The average Bonchev–Trinajstić information content (AvgIpc) is 2.55. The van der Waals surface area contributed by atoms with Gasteiger partial charge in [0.25, 0.3) is 5.91 Å². The molecule has 0 saturated heterocycles. The molecule has 1 N–H and O–H groups in total. The molecule has 7 heteroatoms. The van der Waals surface area contributed by atoms with Crippen LogP contribution in [-0.2, 0) is 17.8 Å². The van der Waals surface area contributed by atoms with E-state index >= 15 is 0 Å². The summed E-state index contributed by atoms with van der Waals surface area (Å²) in [6, 6.07) is 0. The molecule has 0 aromatic carbocycles. The first-order valence-corrected chi connectivity index (χ1v) is 7.36. The van der Waals surface area contributed by atoms with Crippen molar-refractivity contribution in [3.05, 3.63) is 47.3 Å². The first kappa shape index (κ1) is 15.1. The molecule has 0 unspecified atom stereocenters. The van der Waals surface area contributed by atoms with Gasteiger partial charge in [0, 0.05) is 32.4 Å². The molecule has 0 aliphatic carbocycles. The number of hydrogen-bond donors (Lipinski definition) is 1. The summed E-state index contributed by atoms with van der Waals surface area (Å²) < 4.78 is 0. The lowest BCUT2D eigenvalue weighted by Crippen LogP contribution is -2.35. The third kappa shape index (κ3) is 3.18. The maximum Gasteiger partial charge on any atom is 0.257 e. The van der Waals surface area contributed by atoms with Crippen molar-refractivity contribution in [3.8, 4) is 0 Å². The third-order valence-corrected chi connectivity index (χ3v) is 3.87. The van der Waals surface area contributed by atoms with Crippen LogP contribution in [0.3, 0.4) is 0 Å². The zero-order chi connectivity index (χ0) is 16.4. The molecule has 1 aliphatic rings. The fourth-order valence-corrected chi connectivity index (χ4v) is 2.61. The molecule has 23 heavy (non-hydrogen) atoms.